The highest BCUT2D eigenvalue weighted by Crippen LogP contribution is 2.34. The Kier molecular flexibility index (Phi) is 5.21. The van der Waals surface area contributed by atoms with Crippen LogP contribution in [0, 0.1) is 6.92 Å². The Bertz CT molecular complexity index is 949. The van der Waals surface area contributed by atoms with Crippen molar-refractivity contribution in [3.63, 3.8) is 0 Å². The molecule has 1 aliphatic rings. The maximum Gasteiger partial charge on any atom is 0.217 e. The third-order valence-electron chi connectivity index (χ3n) is 4.74. The number of nitrogens with zero attached hydrogens (tertiary/aromatic N) is 4. The molecular weight excluding hydrogens is 387 g/mol. The van der Waals surface area contributed by atoms with E-state index in [-0.39, 0.29) is 12.3 Å². The van der Waals surface area contributed by atoms with Gasteiger partial charge in [-0.15, -0.1) is 0 Å². The van der Waals surface area contributed by atoms with Gasteiger partial charge in [0, 0.05) is 30.1 Å². The summed E-state index contributed by atoms with van der Waals surface area (Å²) >= 11 is 12.5. The van der Waals surface area contributed by atoms with Crippen LogP contribution in [0.4, 0.5) is 0 Å². The molecule has 6 nitrogen and oxygen atoms in total. The van der Waals surface area contributed by atoms with Crippen molar-refractivity contribution in [2.75, 3.05) is 6.61 Å². The molecule has 4 rings (SSSR count). The molecule has 142 valence electrons. The van der Waals surface area contributed by atoms with Gasteiger partial charge in [-0.3, -0.25) is 4.98 Å². The largest absolute Gasteiger partial charge is 0.469 e. The smallest absolute Gasteiger partial charge is 0.217 e. The van der Waals surface area contributed by atoms with Gasteiger partial charge < -0.3 is 9.47 Å². The van der Waals surface area contributed by atoms with Crippen LogP contribution in [-0.2, 0) is 4.74 Å². The highest BCUT2D eigenvalue weighted by Gasteiger charge is 2.21. The Morgan fingerprint density at radius 1 is 1.22 bits per heavy atom. The second-order valence-electron chi connectivity index (χ2n) is 6.70. The SMILES string of the molecule is Cc1cc2c(cnn2C2CCCCO2)nc1O[C@H](C)c1c(Cl)cncc1Cl. The summed E-state index contributed by atoms with van der Waals surface area (Å²) < 4.78 is 13.9. The van der Waals surface area contributed by atoms with Crippen molar-refractivity contribution in [3.05, 3.63) is 45.8 Å². The molecule has 0 aliphatic carbocycles. The number of ether oxygens (including phenoxy) is 2. The molecular formula is C19H20Cl2N4O2. The predicted molar refractivity (Wildman–Crippen MR) is 104 cm³/mol. The van der Waals surface area contributed by atoms with Crippen molar-refractivity contribution >= 4 is 34.2 Å². The summed E-state index contributed by atoms with van der Waals surface area (Å²) in [5, 5.41) is 5.43. The molecule has 27 heavy (non-hydrogen) atoms. The van der Waals surface area contributed by atoms with Crippen molar-refractivity contribution in [1.82, 2.24) is 19.7 Å². The van der Waals surface area contributed by atoms with E-state index in [0.29, 0.717) is 21.5 Å². The van der Waals surface area contributed by atoms with Crippen LogP contribution in [0.5, 0.6) is 5.88 Å². The molecule has 0 bridgehead atoms. The number of aryl methyl sites for hydroxylation is 1. The molecule has 0 spiro atoms. The number of halogens is 2. The monoisotopic (exact) mass is 406 g/mol. The summed E-state index contributed by atoms with van der Waals surface area (Å²) in [6.45, 7) is 4.62. The molecule has 4 heterocycles. The Morgan fingerprint density at radius 3 is 2.70 bits per heavy atom. The lowest BCUT2D eigenvalue weighted by Crippen LogP contribution is -2.19. The Hall–Kier alpha value is -1.89. The Labute approximate surface area is 167 Å². The van der Waals surface area contributed by atoms with Crippen LogP contribution in [0.25, 0.3) is 11.0 Å². The zero-order valence-corrected chi connectivity index (χ0v) is 16.7. The molecule has 1 fully saturated rings. The number of hydrogen-bond acceptors (Lipinski definition) is 5. The van der Waals surface area contributed by atoms with Crippen molar-refractivity contribution in [1.29, 1.82) is 0 Å². The van der Waals surface area contributed by atoms with Crippen LogP contribution >= 0.6 is 23.2 Å². The number of fused-ring (bicyclic) bond motifs is 1. The number of rotatable bonds is 4. The highest BCUT2D eigenvalue weighted by molar-refractivity contribution is 6.35. The maximum absolute atomic E-state index is 6.24. The Morgan fingerprint density at radius 2 is 2.00 bits per heavy atom. The van der Waals surface area contributed by atoms with Gasteiger partial charge in [0.05, 0.1) is 21.8 Å². The average molecular weight is 407 g/mol. The van der Waals surface area contributed by atoms with E-state index < -0.39 is 0 Å². The minimum Gasteiger partial charge on any atom is -0.469 e. The van der Waals surface area contributed by atoms with Gasteiger partial charge in [0.15, 0.2) is 6.23 Å². The zero-order chi connectivity index (χ0) is 19.0. The van der Waals surface area contributed by atoms with Crippen molar-refractivity contribution in [2.45, 2.75) is 45.4 Å². The third-order valence-corrected chi connectivity index (χ3v) is 5.34. The highest BCUT2D eigenvalue weighted by atomic mass is 35.5. The van der Waals surface area contributed by atoms with Gasteiger partial charge in [0.25, 0.3) is 0 Å². The van der Waals surface area contributed by atoms with E-state index in [9.17, 15) is 0 Å². The lowest BCUT2D eigenvalue weighted by molar-refractivity contribution is -0.0366. The molecule has 3 aromatic rings. The lowest BCUT2D eigenvalue weighted by atomic mass is 10.1. The van der Waals surface area contributed by atoms with Gasteiger partial charge in [-0.05, 0) is 39.2 Å². The molecule has 0 saturated carbocycles. The van der Waals surface area contributed by atoms with E-state index in [4.69, 9.17) is 32.7 Å². The summed E-state index contributed by atoms with van der Waals surface area (Å²) in [4.78, 5) is 8.63. The van der Waals surface area contributed by atoms with E-state index in [0.717, 1.165) is 42.5 Å². The fourth-order valence-electron chi connectivity index (χ4n) is 3.35. The van der Waals surface area contributed by atoms with Crippen LogP contribution in [0.15, 0.2) is 24.7 Å². The van der Waals surface area contributed by atoms with Crippen LogP contribution in [0.2, 0.25) is 10.0 Å². The Balaban J connectivity index is 1.64. The number of pyridine rings is 2. The first-order valence-electron chi connectivity index (χ1n) is 8.96. The average Bonchev–Trinajstić information content (AvgIpc) is 3.05. The molecule has 1 saturated heterocycles. The molecule has 8 heteroatoms. The van der Waals surface area contributed by atoms with Crippen molar-refractivity contribution < 1.29 is 9.47 Å². The second-order valence-corrected chi connectivity index (χ2v) is 7.52. The maximum atomic E-state index is 6.24. The van der Waals surface area contributed by atoms with Gasteiger partial charge >= 0.3 is 0 Å². The number of hydrogen-bond donors (Lipinski definition) is 0. The van der Waals surface area contributed by atoms with Crippen LogP contribution in [-0.4, -0.2) is 26.4 Å². The normalized spacial score (nSPS) is 18.6. The van der Waals surface area contributed by atoms with Crippen LogP contribution in [0.1, 0.15) is 49.6 Å². The first kappa shape index (κ1) is 18.5. The molecule has 0 radical (unpaired) electrons. The topological polar surface area (TPSA) is 62.1 Å². The second kappa shape index (κ2) is 7.62. The van der Waals surface area contributed by atoms with Gasteiger partial charge in [0.1, 0.15) is 11.6 Å². The summed E-state index contributed by atoms with van der Waals surface area (Å²) in [7, 11) is 0. The first-order valence-corrected chi connectivity index (χ1v) is 9.72. The summed E-state index contributed by atoms with van der Waals surface area (Å²) in [6, 6.07) is 2.03. The molecule has 0 amide bonds. The van der Waals surface area contributed by atoms with Crippen LogP contribution in [0.3, 0.4) is 0 Å². The van der Waals surface area contributed by atoms with E-state index >= 15 is 0 Å². The van der Waals surface area contributed by atoms with E-state index in [1.54, 1.807) is 18.6 Å². The quantitative estimate of drug-likeness (QED) is 0.589. The van der Waals surface area contributed by atoms with Gasteiger partial charge in [-0.2, -0.15) is 5.10 Å². The molecule has 1 aliphatic heterocycles. The van der Waals surface area contributed by atoms with Gasteiger partial charge in [-0.25, -0.2) is 9.67 Å². The summed E-state index contributed by atoms with van der Waals surface area (Å²) in [6.07, 6.45) is 7.67. The number of aromatic nitrogens is 4. The van der Waals surface area contributed by atoms with Crippen molar-refractivity contribution in [3.8, 4) is 5.88 Å². The fourth-order valence-corrected chi connectivity index (χ4v) is 4.03. The zero-order valence-electron chi connectivity index (χ0n) is 15.2. The summed E-state index contributed by atoms with van der Waals surface area (Å²) in [5.41, 5.74) is 3.32. The molecule has 1 unspecified atom stereocenters. The molecule has 2 atom stereocenters. The van der Waals surface area contributed by atoms with Gasteiger partial charge in [0.2, 0.25) is 5.88 Å². The minimum absolute atomic E-state index is 0.0300. The molecule has 0 N–H and O–H groups in total. The first-order chi connectivity index (χ1) is 13.0. The van der Waals surface area contributed by atoms with Crippen molar-refractivity contribution in [2.24, 2.45) is 0 Å². The minimum atomic E-state index is -0.367. The molecule has 0 aromatic carbocycles. The van der Waals surface area contributed by atoms with E-state index in [1.807, 2.05) is 24.6 Å². The molecule has 3 aromatic heterocycles. The summed E-state index contributed by atoms with van der Waals surface area (Å²) in [5.74, 6) is 0.531. The fraction of sp³-hybridized carbons (Fsp3) is 0.421. The predicted octanol–water partition coefficient (Wildman–Crippen LogP) is 5.28. The van der Waals surface area contributed by atoms with E-state index in [2.05, 4.69) is 15.1 Å². The van der Waals surface area contributed by atoms with E-state index in [1.165, 1.54) is 0 Å². The van der Waals surface area contributed by atoms with Crippen LogP contribution < -0.4 is 4.74 Å². The lowest BCUT2D eigenvalue weighted by Gasteiger charge is -2.23. The standard InChI is InChI=1S/C19H20Cl2N4O2/c1-11-7-16-15(10-23-25(16)17-5-3-4-6-26-17)24-19(11)27-12(2)18-13(20)8-22-9-14(18)21/h7-10,12,17H,3-6H2,1-2H3/t12-,17?/m1/s1. The third kappa shape index (κ3) is 3.61. The van der Waals surface area contributed by atoms with Gasteiger partial charge in [-0.1, -0.05) is 23.2 Å².